The first-order chi connectivity index (χ1) is 19.5. The summed E-state index contributed by atoms with van der Waals surface area (Å²) in [6.07, 6.45) is 4.91. The lowest BCUT2D eigenvalue weighted by molar-refractivity contribution is 0.792. The zero-order chi connectivity index (χ0) is 27.7. The van der Waals surface area contributed by atoms with Crippen molar-refractivity contribution in [1.29, 1.82) is 0 Å². The van der Waals surface area contributed by atoms with Crippen LogP contribution in [0.4, 0.5) is 0 Å². The molecule has 2 heterocycles. The van der Waals surface area contributed by atoms with Crippen LogP contribution < -0.4 is 21.5 Å². The molecule has 0 N–H and O–H groups in total. The van der Waals surface area contributed by atoms with Gasteiger partial charge in [0.05, 0.1) is 10.9 Å². The molecule has 0 fully saturated rings. The number of aromatic nitrogens is 2. The number of hydrogen-bond donors (Lipinski definition) is 0. The third kappa shape index (κ3) is 4.96. The monoisotopic (exact) mass is 556 g/mol. The van der Waals surface area contributed by atoms with Gasteiger partial charge in [0.15, 0.2) is 0 Å². The van der Waals surface area contributed by atoms with Crippen LogP contribution >= 0.6 is 15.8 Å². The molecule has 2 unspecified atom stereocenters. The molecule has 6 aromatic rings. The second kappa shape index (κ2) is 11.2. The highest BCUT2D eigenvalue weighted by molar-refractivity contribution is 7.74. The second-order valence-electron chi connectivity index (χ2n) is 11.0. The molecule has 2 atom stereocenters. The van der Waals surface area contributed by atoms with Gasteiger partial charge < -0.3 is 0 Å². The van der Waals surface area contributed by atoms with Crippen molar-refractivity contribution < 1.29 is 0 Å². The quantitative estimate of drug-likeness (QED) is 0.194. The van der Waals surface area contributed by atoms with Crippen molar-refractivity contribution in [3.8, 4) is 11.1 Å². The summed E-state index contributed by atoms with van der Waals surface area (Å²) in [5, 5.41) is 7.95. The van der Waals surface area contributed by atoms with Crippen LogP contribution in [0.15, 0.2) is 122 Å². The molecule has 2 aromatic heterocycles. The largest absolute Gasteiger partial charge is 0.256 e. The van der Waals surface area contributed by atoms with Crippen LogP contribution in [0, 0.1) is 0 Å². The molecule has 0 aliphatic heterocycles. The Morgan fingerprint density at radius 1 is 0.550 bits per heavy atom. The van der Waals surface area contributed by atoms with E-state index in [9.17, 15) is 0 Å². The van der Waals surface area contributed by atoms with E-state index in [1.54, 1.807) is 0 Å². The van der Waals surface area contributed by atoms with Crippen molar-refractivity contribution in [2.75, 3.05) is 6.16 Å². The number of hydrogen-bond acceptors (Lipinski definition) is 2. The van der Waals surface area contributed by atoms with E-state index in [1.807, 2.05) is 24.5 Å². The first-order valence-electron chi connectivity index (χ1n) is 13.9. The normalized spacial score (nSPS) is 13.4. The van der Waals surface area contributed by atoms with E-state index in [4.69, 9.17) is 9.97 Å². The van der Waals surface area contributed by atoms with Crippen LogP contribution in [0.25, 0.3) is 32.7 Å². The smallest absolute Gasteiger partial charge is 0.0681 e. The van der Waals surface area contributed by atoms with Gasteiger partial charge in [-0.15, -0.1) is 0 Å². The van der Waals surface area contributed by atoms with E-state index in [-0.39, 0.29) is 5.16 Å². The number of benzene rings is 4. The summed E-state index contributed by atoms with van der Waals surface area (Å²) in [5.74, 6) is 0. The van der Waals surface area contributed by atoms with Gasteiger partial charge in [0, 0.05) is 12.4 Å². The highest BCUT2D eigenvalue weighted by Gasteiger charge is 2.33. The highest BCUT2D eigenvalue weighted by Crippen LogP contribution is 2.51. The number of fused-ring (bicyclic) bond motifs is 2. The third-order valence-electron chi connectivity index (χ3n) is 7.39. The number of pyridine rings is 2. The molecule has 0 spiro atoms. The van der Waals surface area contributed by atoms with Crippen LogP contribution in [-0.2, 0) is 0 Å². The Kier molecular flexibility index (Phi) is 7.50. The Balaban J connectivity index is 1.77. The van der Waals surface area contributed by atoms with E-state index in [0.29, 0.717) is 0 Å². The minimum absolute atomic E-state index is 0.0160. The molecule has 198 valence electrons. The Morgan fingerprint density at radius 3 is 1.57 bits per heavy atom. The number of rotatable bonds is 6. The SMILES string of the molecule is CCP(c1ccccn1)c1ccc2ccccc2c1-c1c(P(c2ccccn2)C(C)(C)C)ccc2ccccc12. The summed E-state index contributed by atoms with van der Waals surface area (Å²) in [4.78, 5) is 9.81. The molecule has 2 nitrogen and oxygen atoms in total. The van der Waals surface area contributed by atoms with Crippen molar-refractivity contribution in [2.45, 2.75) is 32.9 Å². The third-order valence-corrected chi connectivity index (χ3v) is 12.7. The average Bonchev–Trinajstić information content (AvgIpc) is 2.98. The zero-order valence-electron chi connectivity index (χ0n) is 23.5. The molecule has 0 bridgehead atoms. The van der Waals surface area contributed by atoms with E-state index in [1.165, 1.54) is 54.2 Å². The lowest BCUT2D eigenvalue weighted by atomic mass is 9.93. The van der Waals surface area contributed by atoms with Gasteiger partial charge >= 0.3 is 0 Å². The molecule has 6 rings (SSSR count). The molecule has 0 radical (unpaired) electrons. The predicted octanol–water partition coefficient (Wildman–Crippen LogP) is 8.13. The summed E-state index contributed by atoms with van der Waals surface area (Å²) < 4.78 is 0. The van der Waals surface area contributed by atoms with Gasteiger partial charge in [0.2, 0.25) is 0 Å². The minimum atomic E-state index is -0.775. The Labute approximate surface area is 240 Å². The Bertz CT molecular complexity index is 1780. The molecule has 0 aliphatic rings. The molecule has 0 aliphatic carbocycles. The van der Waals surface area contributed by atoms with Crippen LogP contribution in [0.3, 0.4) is 0 Å². The topological polar surface area (TPSA) is 25.8 Å². The fourth-order valence-corrected chi connectivity index (χ4v) is 10.6. The number of nitrogens with zero attached hydrogens (tertiary/aromatic N) is 2. The molecule has 0 amide bonds. The first-order valence-corrected chi connectivity index (χ1v) is 16.8. The summed E-state index contributed by atoms with van der Waals surface area (Å²) in [6, 6.07) is 39.9. The van der Waals surface area contributed by atoms with Crippen molar-refractivity contribution >= 4 is 58.9 Å². The van der Waals surface area contributed by atoms with Gasteiger partial charge in [-0.25, -0.2) is 0 Å². The first kappa shape index (κ1) is 26.8. The van der Waals surface area contributed by atoms with Gasteiger partial charge in [-0.1, -0.05) is 113 Å². The van der Waals surface area contributed by atoms with E-state index in [2.05, 4.69) is 125 Å². The molecule has 4 heteroatoms. The van der Waals surface area contributed by atoms with Gasteiger partial charge in [-0.05, 0) is 94.7 Å². The molecule has 0 saturated carbocycles. The maximum absolute atomic E-state index is 4.94. The minimum Gasteiger partial charge on any atom is -0.256 e. The van der Waals surface area contributed by atoms with E-state index in [0.717, 1.165) is 6.16 Å². The van der Waals surface area contributed by atoms with Crippen molar-refractivity contribution in [1.82, 2.24) is 9.97 Å². The molecule has 0 saturated heterocycles. The second-order valence-corrected chi connectivity index (χ2v) is 16.4. The fraction of sp³-hybridized carbons (Fsp3) is 0.167. The van der Waals surface area contributed by atoms with Crippen molar-refractivity contribution in [2.24, 2.45) is 0 Å². The maximum atomic E-state index is 4.94. The van der Waals surface area contributed by atoms with Gasteiger partial charge in [0.25, 0.3) is 0 Å². The van der Waals surface area contributed by atoms with Crippen LogP contribution in [0.2, 0.25) is 0 Å². The van der Waals surface area contributed by atoms with Gasteiger partial charge in [-0.2, -0.15) is 0 Å². The van der Waals surface area contributed by atoms with Crippen molar-refractivity contribution in [3.63, 3.8) is 0 Å². The molecule has 4 aromatic carbocycles. The van der Waals surface area contributed by atoms with Crippen LogP contribution in [0.1, 0.15) is 27.7 Å². The molecular weight excluding hydrogens is 522 g/mol. The lowest BCUT2D eigenvalue weighted by Crippen LogP contribution is -2.30. The Hall–Kier alpha value is -3.44. The van der Waals surface area contributed by atoms with E-state index < -0.39 is 15.8 Å². The fourth-order valence-electron chi connectivity index (χ4n) is 5.74. The van der Waals surface area contributed by atoms with E-state index >= 15 is 0 Å². The molecular formula is C36H34N2P2. The van der Waals surface area contributed by atoms with Gasteiger partial charge in [-0.3, -0.25) is 9.97 Å². The average molecular weight is 557 g/mol. The summed E-state index contributed by atoms with van der Waals surface area (Å²) in [5.41, 5.74) is 5.07. The van der Waals surface area contributed by atoms with Gasteiger partial charge in [0.1, 0.15) is 0 Å². The zero-order valence-corrected chi connectivity index (χ0v) is 25.3. The maximum Gasteiger partial charge on any atom is 0.0681 e. The van der Waals surface area contributed by atoms with Crippen LogP contribution in [-0.4, -0.2) is 21.3 Å². The standard InChI is InChI=1S/C36H34N2P2/c1-5-39(32-18-10-12-24-37-32)30-22-20-26-14-6-8-16-28(26)34(30)35-29-17-9-7-15-27(29)21-23-31(35)40(36(2,3)4)33-19-11-13-25-38-33/h6-25H,5H2,1-4H3. The summed E-state index contributed by atoms with van der Waals surface area (Å²) in [6.45, 7) is 9.40. The summed E-state index contributed by atoms with van der Waals surface area (Å²) >= 11 is 0. The highest BCUT2D eigenvalue weighted by atomic mass is 31.1. The Morgan fingerprint density at radius 2 is 1.05 bits per heavy atom. The summed E-state index contributed by atoms with van der Waals surface area (Å²) in [7, 11) is -1.43. The van der Waals surface area contributed by atoms with Crippen LogP contribution in [0.5, 0.6) is 0 Å². The molecule has 40 heavy (non-hydrogen) atoms. The predicted molar refractivity (Wildman–Crippen MR) is 178 cm³/mol. The lowest BCUT2D eigenvalue weighted by Gasteiger charge is -2.34. The van der Waals surface area contributed by atoms with Crippen molar-refractivity contribution in [3.05, 3.63) is 122 Å².